The van der Waals surface area contributed by atoms with Crippen LogP contribution in [0, 0.1) is 18.3 Å². The zero-order valence-electron chi connectivity index (χ0n) is 11.6. The molecule has 1 unspecified atom stereocenters. The summed E-state index contributed by atoms with van der Waals surface area (Å²) in [6, 6.07) is 9.99. The lowest BCUT2D eigenvalue weighted by atomic mass is 10.1. The summed E-state index contributed by atoms with van der Waals surface area (Å²) < 4.78 is 5.23. The fourth-order valence-electron chi connectivity index (χ4n) is 1.81. The van der Waals surface area contributed by atoms with Crippen molar-refractivity contribution in [3.8, 4) is 11.8 Å². The summed E-state index contributed by atoms with van der Waals surface area (Å²) in [5.74, 6) is 0.720. The summed E-state index contributed by atoms with van der Waals surface area (Å²) in [7, 11) is 0. The molecule has 0 saturated carbocycles. The van der Waals surface area contributed by atoms with Crippen molar-refractivity contribution in [2.24, 2.45) is 0 Å². The van der Waals surface area contributed by atoms with Gasteiger partial charge in [-0.25, -0.2) is 4.98 Å². The van der Waals surface area contributed by atoms with Crippen LogP contribution in [0.5, 0.6) is 5.75 Å². The Morgan fingerprint density at radius 3 is 2.75 bits per heavy atom. The Morgan fingerprint density at radius 1 is 1.40 bits per heavy atom. The lowest BCUT2D eigenvalue weighted by molar-refractivity contribution is 0.368. The zero-order valence-corrected chi connectivity index (χ0v) is 12.4. The predicted octanol–water partition coefficient (Wildman–Crippen LogP) is 3.20. The predicted molar refractivity (Wildman–Crippen MR) is 79.7 cm³/mol. The number of rotatable bonds is 6. The van der Waals surface area contributed by atoms with Gasteiger partial charge in [-0.1, -0.05) is 12.1 Å². The number of benzene rings is 1. The van der Waals surface area contributed by atoms with Crippen molar-refractivity contribution < 1.29 is 4.74 Å². The van der Waals surface area contributed by atoms with E-state index >= 15 is 0 Å². The second-order valence-corrected chi connectivity index (χ2v) is 5.44. The van der Waals surface area contributed by atoms with Crippen molar-refractivity contribution in [2.45, 2.75) is 26.4 Å². The molecular formula is C15H17N3OS. The molecule has 1 aromatic heterocycles. The van der Waals surface area contributed by atoms with Gasteiger partial charge in [0.1, 0.15) is 16.8 Å². The molecule has 104 valence electrons. The Labute approximate surface area is 123 Å². The summed E-state index contributed by atoms with van der Waals surface area (Å²) in [6.45, 7) is 4.97. The van der Waals surface area contributed by atoms with Crippen LogP contribution in [0.4, 0.5) is 0 Å². The molecule has 1 heterocycles. The summed E-state index contributed by atoms with van der Waals surface area (Å²) in [5, 5.41) is 15.1. The first-order valence-electron chi connectivity index (χ1n) is 6.43. The maximum Gasteiger partial charge on any atom is 0.174 e. The van der Waals surface area contributed by atoms with Gasteiger partial charge in [0.25, 0.3) is 0 Å². The van der Waals surface area contributed by atoms with Crippen molar-refractivity contribution in [2.75, 3.05) is 6.61 Å². The Kier molecular flexibility index (Phi) is 5.10. The fraction of sp³-hybridized carbons (Fsp3) is 0.333. The normalized spacial score (nSPS) is 11.8. The maximum absolute atomic E-state index is 8.46. The molecule has 0 radical (unpaired) electrons. The van der Waals surface area contributed by atoms with Crippen molar-refractivity contribution >= 4 is 11.3 Å². The van der Waals surface area contributed by atoms with Gasteiger partial charge >= 0.3 is 0 Å². The van der Waals surface area contributed by atoms with Crippen LogP contribution in [-0.4, -0.2) is 11.6 Å². The summed E-state index contributed by atoms with van der Waals surface area (Å²) in [6.07, 6.45) is 0. The molecule has 0 aliphatic heterocycles. The van der Waals surface area contributed by atoms with Crippen molar-refractivity contribution in [3.05, 3.63) is 45.9 Å². The van der Waals surface area contributed by atoms with Crippen molar-refractivity contribution in [3.63, 3.8) is 0 Å². The highest BCUT2D eigenvalue weighted by Gasteiger charge is 2.06. The van der Waals surface area contributed by atoms with E-state index in [1.807, 2.05) is 37.3 Å². The number of nitriles is 1. The van der Waals surface area contributed by atoms with E-state index in [4.69, 9.17) is 10.00 Å². The molecule has 4 nitrogen and oxygen atoms in total. The number of nitrogens with one attached hydrogen (secondary N) is 1. The molecular weight excluding hydrogens is 270 g/mol. The average Bonchev–Trinajstić information content (AvgIpc) is 2.89. The van der Waals surface area contributed by atoms with Gasteiger partial charge in [-0.3, -0.25) is 0 Å². The molecule has 0 amide bonds. The highest BCUT2D eigenvalue weighted by Crippen LogP contribution is 2.18. The number of hydrogen-bond acceptors (Lipinski definition) is 5. The number of aryl methyl sites for hydroxylation is 1. The van der Waals surface area contributed by atoms with Crippen LogP contribution in [0.25, 0.3) is 0 Å². The molecule has 20 heavy (non-hydrogen) atoms. The lowest BCUT2D eigenvalue weighted by Gasteiger charge is -2.13. The Bertz CT molecular complexity index is 586. The molecule has 5 heteroatoms. The number of aromatic nitrogens is 1. The van der Waals surface area contributed by atoms with Gasteiger partial charge in [-0.05, 0) is 31.5 Å². The van der Waals surface area contributed by atoms with E-state index in [0.717, 1.165) is 23.0 Å². The number of hydrogen-bond donors (Lipinski definition) is 1. The van der Waals surface area contributed by atoms with Gasteiger partial charge in [0.15, 0.2) is 6.61 Å². The molecule has 0 spiro atoms. The van der Waals surface area contributed by atoms with Gasteiger partial charge in [-0.15, -0.1) is 11.3 Å². The fourth-order valence-corrected chi connectivity index (χ4v) is 2.53. The van der Waals surface area contributed by atoms with Gasteiger partial charge in [-0.2, -0.15) is 5.26 Å². The van der Waals surface area contributed by atoms with Crippen molar-refractivity contribution in [1.29, 1.82) is 5.26 Å². The van der Waals surface area contributed by atoms with Gasteiger partial charge < -0.3 is 10.1 Å². The van der Waals surface area contributed by atoms with E-state index in [9.17, 15) is 0 Å². The van der Waals surface area contributed by atoms with Crippen LogP contribution in [0.3, 0.4) is 0 Å². The number of thiazole rings is 1. The van der Waals surface area contributed by atoms with E-state index in [1.54, 1.807) is 11.3 Å². The number of ether oxygens (including phenoxy) is 1. The zero-order chi connectivity index (χ0) is 14.4. The van der Waals surface area contributed by atoms with E-state index in [0.29, 0.717) is 0 Å². The van der Waals surface area contributed by atoms with Crippen LogP contribution in [0.2, 0.25) is 0 Å². The average molecular weight is 287 g/mol. The molecule has 1 aromatic carbocycles. The topological polar surface area (TPSA) is 57.9 Å². The first-order chi connectivity index (χ1) is 9.69. The third kappa shape index (κ3) is 4.05. The standard InChI is InChI=1S/C15H17N3OS/c1-11-10-20-15(18-11)9-17-12(2)13-3-5-14(6-4-13)19-8-7-16/h3-6,10,12,17H,8-9H2,1-2H3. The molecule has 0 aliphatic carbocycles. The third-order valence-electron chi connectivity index (χ3n) is 2.91. The van der Waals surface area contributed by atoms with Gasteiger partial charge in [0, 0.05) is 23.7 Å². The summed E-state index contributed by atoms with van der Waals surface area (Å²) >= 11 is 1.67. The maximum atomic E-state index is 8.46. The molecule has 1 N–H and O–H groups in total. The minimum atomic E-state index is 0.0799. The first-order valence-corrected chi connectivity index (χ1v) is 7.31. The molecule has 0 fully saturated rings. The Balaban J connectivity index is 1.88. The molecule has 0 aliphatic rings. The molecule has 2 aromatic rings. The molecule has 0 bridgehead atoms. The van der Waals surface area contributed by atoms with Crippen molar-refractivity contribution in [1.82, 2.24) is 10.3 Å². The van der Waals surface area contributed by atoms with E-state index in [-0.39, 0.29) is 12.6 Å². The monoisotopic (exact) mass is 287 g/mol. The summed E-state index contributed by atoms with van der Waals surface area (Å²) in [4.78, 5) is 4.43. The highest BCUT2D eigenvalue weighted by molar-refractivity contribution is 7.09. The van der Waals surface area contributed by atoms with E-state index in [1.165, 1.54) is 5.56 Å². The van der Waals surface area contributed by atoms with Gasteiger partial charge in [0.05, 0.1) is 0 Å². The quantitative estimate of drug-likeness (QED) is 0.886. The largest absolute Gasteiger partial charge is 0.479 e. The molecule has 0 saturated heterocycles. The van der Waals surface area contributed by atoms with Crippen LogP contribution < -0.4 is 10.1 Å². The second-order valence-electron chi connectivity index (χ2n) is 4.50. The van der Waals surface area contributed by atoms with Gasteiger partial charge in [0.2, 0.25) is 0 Å². The minimum Gasteiger partial charge on any atom is -0.479 e. The Hall–Kier alpha value is -1.90. The SMILES string of the molecule is Cc1csc(CNC(C)c2ccc(OCC#N)cc2)n1. The second kappa shape index (κ2) is 7.04. The van der Waals surface area contributed by atoms with Crippen LogP contribution >= 0.6 is 11.3 Å². The van der Waals surface area contributed by atoms with E-state index < -0.39 is 0 Å². The smallest absolute Gasteiger partial charge is 0.174 e. The van der Waals surface area contributed by atoms with E-state index in [2.05, 4.69) is 22.6 Å². The van der Waals surface area contributed by atoms with Crippen LogP contribution in [0.1, 0.15) is 29.2 Å². The molecule has 2 rings (SSSR count). The molecule has 1 atom stereocenters. The first kappa shape index (κ1) is 14.5. The lowest BCUT2D eigenvalue weighted by Crippen LogP contribution is -2.17. The summed E-state index contributed by atoms with van der Waals surface area (Å²) in [5.41, 5.74) is 2.25. The minimum absolute atomic E-state index is 0.0799. The third-order valence-corrected chi connectivity index (χ3v) is 3.88. The van der Waals surface area contributed by atoms with Crippen LogP contribution in [-0.2, 0) is 6.54 Å². The van der Waals surface area contributed by atoms with Crippen LogP contribution in [0.15, 0.2) is 29.6 Å². The highest BCUT2D eigenvalue weighted by atomic mass is 32.1. The Morgan fingerprint density at radius 2 is 2.15 bits per heavy atom. The number of nitrogens with zero attached hydrogens (tertiary/aromatic N) is 2.